The maximum atomic E-state index is 10.9. The van der Waals surface area contributed by atoms with Gasteiger partial charge in [-0.3, -0.25) is 4.79 Å². The number of amides is 1. The molecule has 0 fully saturated rings. The van der Waals surface area contributed by atoms with E-state index in [2.05, 4.69) is 37.2 Å². The molecule has 0 spiro atoms. The number of nitrogens with one attached hydrogen (secondary N) is 1. The number of hydrogen-bond acceptors (Lipinski definition) is 1. The molecule has 0 unspecified atom stereocenters. The maximum Gasteiger partial charge on any atom is 0.221 e. The number of hydrogen-bond donors (Lipinski definition) is 1. The van der Waals surface area contributed by atoms with Gasteiger partial charge >= 0.3 is 0 Å². The van der Waals surface area contributed by atoms with Gasteiger partial charge in [-0.25, -0.2) is 0 Å². The quantitative estimate of drug-likeness (QED) is 0.891. The van der Waals surface area contributed by atoms with Gasteiger partial charge in [-0.15, -0.1) is 0 Å². The third-order valence-corrected chi connectivity index (χ3v) is 2.35. The van der Waals surface area contributed by atoms with Gasteiger partial charge < -0.3 is 5.32 Å². The highest BCUT2D eigenvalue weighted by molar-refractivity contribution is 9.28. The van der Waals surface area contributed by atoms with Gasteiger partial charge in [-0.1, -0.05) is 30.3 Å². The smallest absolute Gasteiger partial charge is 0.221 e. The molecule has 1 rings (SSSR count). The molecule has 0 bridgehead atoms. The zero-order chi connectivity index (χ0) is 10.6. The van der Waals surface area contributed by atoms with Crippen molar-refractivity contribution in [3.05, 3.63) is 39.3 Å². The standard InChI is InChI=1S/C10H9Br2NO/c1-7(14)13-9(10(11)12)8-5-3-2-4-6-8/h2-6H,1H3,(H,13,14). The van der Waals surface area contributed by atoms with Crippen molar-refractivity contribution in [2.24, 2.45) is 0 Å². The van der Waals surface area contributed by atoms with E-state index in [0.29, 0.717) is 0 Å². The van der Waals surface area contributed by atoms with Crippen LogP contribution in [0, 0.1) is 0 Å². The van der Waals surface area contributed by atoms with Crippen molar-refractivity contribution in [2.45, 2.75) is 6.92 Å². The van der Waals surface area contributed by atoms with Gasteiger partial charge in [0.05, 0.1) is 9.09 Å². The van der Waals surface area contributed by atoms with Crippen molar-refractivity contribution in [3.8, 4) is 0 Å². The van der Waals surface area contributed by atoms with E-state index in [1.54, 1.807) is 0 Å². The van der Waals surface area contributed by atoms with Crippen LogP contribution in [-0.4, -0.2) is 5.91 Å². The van der Waals surface area contributed by atoms with Crippen LogP contribution < -0.4 is 5.32 Å². The van der Waals surface area contributed by atoms with Crippen molar-refractivity contribution < 1.29 is 4.79 Å². The van der Waals surface area contributed by atoms with Gasteiger partial charge in [-0.05, 0) is 37.4 Å². The minimum Gasteiger partial charge on any atom is -0.324 e. The molecular formula is C10H9Br2NO. The third-order valence-electron chi connectivity index (χ3n) is 1.55. The number of rotatable bonds is 2. The first-order valence-electron chi connectivity index (χ1n) is 3.99. The van der Waals surface area contributed by atoms with Gasteiger partial charge in [0.1, 0.15) is 0 Å². The van der Waals surface area contributed by atoms with Crippen LogP contribution in [0.3, 0.4) is 0 Å². The summed E-state index contributed by atoms with van der Waals surface area (Å²) in [7, 11) is 0. The van der Waals surface area contributed by atoms with Gasteiger partial charge in [0.25, 0.3) is 0 Å². The monoisotopic (exact) mass is 317 g/mol. The molecule has 1 aromatic carbocycles. The number of carbonyl (C=O) groups is 1. The highest BCUT2D eigenvalue weighted by Crippen LogP contribution is 2.24. The first kappa shape index (κ1) is 11.5. The van der Waals surface area contributed by atoms with Gasteiger partial charge in [0, 0.05) is 6.92 Å². The molecule has 1 amide bonds. The van der Waals surface area contributed by atoms with Crippen LogP contribution in [0.4, 0.5) is 0 Å². The Morgan fingerprint density at radius 1 is 1.21 bits per heavy atom. The summed E-state index contributed by atoms with van der Waals surface area (Å²) in [5, 5.41) is 2.74. The molecule has 0 atom stereocenters. The molecule has 4 heteroatoms. The highest BCUT2D eigenvalue weighted by atomic mass is 79.9. The van der Waals surface area contributed by atoms with E-state index in [4.69, 9.17) is 0 Å². The van der Waals surface area contributed by atoms with E-state index < -0.39 is 0 Å². The zero-order valence-corrected chi connectivity index (χ0v) is 10.7. The Hall–Kier alpha value is -0.610. The number of carbonyl (C=O) groups excluding carboxylic acids is 1. The highest BCUT2D eigenvalue weighted by Gasteiger charge is 2.06. The van der Waals surface area contributed by atoms with E-state index in [0.717, 1.165) is 14.7 Å². The Morgan fingerprint density at radius 2 is 1.79 bits per heavy atom. The lowest BCUT2D eigenvalue weighted by Crippen LogP contribution is -2.18. The van der Waals surface area contributed by atoms with E-state index >= 15 is 0 Å². The second kappa shape index (κ2) is 5.32. The second-order valence-corrected chi connectivity index (χ2v) is 5.33. The van der Waals surface area contributed by atoms with Gasteiger partial charge in [0.15, 0.2) is 0 Å². The van der Waals surface area contributed by atoms with E-state index in [1.807, 2.05) is 30.3 Å². The Balaban J connectivity index is 3.03. The lowest BCUT2D eigenvalue weighted by atomic mass is 10.2. The van der Waals surface area contributed by atoms with Crippen molar-refractivity contribution in [2.75, 3.05) is 0 Å². The fourth-order valence-corrected chi connectivity index (χ4v) is 1.67. The SMILES string of the molecule is CC(=O)NC(=C(Br)Br)c1ccccc1. The second-order valence-electron chi connectivity index (χ2n) is 2.68. The molecule has 0 radical (unpaired) electrons. The van der Waals surface area contributed by atoms with Crippen molar-refractivity contribution >= 4 is 43.5 Å². The van der Waals surface area contributed by atoms with Crippen LogP contribution >= 0.6 is 31.9 Å². The summed E-state index contributed by atoms with van der Waals surface area (Å²) in [4.78, 5) is 10.9. The van der Waals surface area contributed by atoms with Crippen LogP contribution in [-0.2, 0) is 4.79 Å². The minimum atomic E-state index is -0.0970. The van der Waals surface area contributed by atoms with Crippen molar-refractivity contribution in [3.63, 3.8) is 0 Å². The summed E-state index contributed by atoms with van der Waals surface area (Å²) in [6.07, 6.45) is 0. The van der Waals surface area contributed by atoms with Crippen LogP contribution in [0.15, 0.2) is 33.7 Å². The predicted octanol–water partition coefficient (Wildman–Crippen LogP) is 3.24. The summed E-state index contributed by atoms with van der Waals surface area (Å²) in [5.41, 5.74) is 1.68. The average Bonchev–Trinajstić information content (AvgIpc) is 2.15. The summed E-state index contributed by atoms with van der Waals surface area (Å²) in [5.74, 6) is -0.0970. The number of benzene rings is 1. The first-order valence-corrected chi connectivity index (χ1v) is 5.58. The Kier molecular flexibility index (Phi) is 4.35. The topological polar surface area (TPSA) is 29.1 Å². The molecular weight excluding hydrogens is 310 g/mol. The van der Waals surface area contributed by atoms with Crippen LogP contribution in [0.2, 0.25) is 0 Å². The Bertz CT molecular complexity index is 356. The molecule has 2 nitrogen and oxygen atoms in total. The third kappa shape index (κ3) is 3.27. The normalized spacial score (nSPS) is 9.36. The van der Waals surface area contributed by atoms with Crippen LogP contribution in [0.5, 0.6) is 0 Å². The molecule has 0 aliphatic heterocycles. The molecule has 74 valence electrons. The maximum absolute atomic E-state index is 10.9. The molecule has 0 aromatic heterocycles. The first-order chi connectivity index (χ1) is 6.61. The van der Waals surface area contributed by atoms with Crippen molar-refractivity contribution in [1.29, 1.82) is 0 Å². The summed E-state index contributed by atoms with van der Waals surface area (Å²) in [6.45, 7) is 1.48. The molecule has 0 aliphatic rings. The molecule has 14 heavy (non-hydrogen) atoms. The van der Waals surface area contributed by atoms with E-state index in [-0.39, 0.29) is 5.91 Å². The fourth-order valence-electron chi connectivity index (χ4n) is 1.01. The van der Waals surface area contributed by atoms with E-state index in [1.165, 1.54) is 6.92 Å². The summed E-state index contributed by atoms with van der Waals surface area (Å²) >= 11 is 6.58. The van der Waals surface area contributed by atoms with Gasteiger partial charge in [-0.2, -0.15) is 0 Å². The summed E-state index contributed by atoms with van der Waals surface area (Å²) in [6, 6.07) is 9.61. The molecule has 1 N–H and O–H groups in total. The van der Waals surface area contributed by atoms with Crippen molar-refractivity contribution in [1.82, 2.24) is 5.32 Å². The lowest BCUT2D eigenvalue weighted by molar-refractivity contribution is -0.117. The average molecular weight is 319 g/mol. The molecule has 0 heterocycles. The fraction of sp³-hybridized carbons (Fsp3) is 0.100. The molecule has 0 saturated carbocycles. The molecule has 1 aromatic rings. The summed E-state index contributed by atoms with van der Waals surface area (Å²) < 4.78 is 0.728. The van der Waals surface area contributed by atoms with Crippen LogP contribution in [0.25, 0.3) is 5.70 Å². The minimum absolute atomic E-state index is 0.0970. The molecule has 0 aliphatic carbocycles. The van der Waals surface area contributed by atoms with Crippen LogP contribution in [0.1, 0.15) is 12.5 Å². The molecule has 0 saturated heterocycles. The lowest BCUT2D eigenvalue weighted by Gasteiger charge is -2.08. The zero-order valence-electron chi connectivity index (χ0n) is 7.55. The number of halogens is 2. The largest absolute Gasteiger partial charge is 0.324 e. The van der Waals surface area contributed by atoms with E-state index in [9.17, 15) is 4.79 Å². The van der Waals surface area contributed by atoms with Gasteiger partial charge in [0.2, 0.25) is 5.91 Å². The Morgan fingerprint density at radius 3 is 2.21 bits per heavy atom. The Labute approximate surface area is 99.6 Å². The predicted molar refractivity (Wildman–Crippen MR) is 65.0 cm³/mol.